The van der Waals surface area contributed by atoms with Crippen molar-refractivity contribution in [2.45, 2.75) is 11.4 Å². The smallest absolute Gasteiger partial charge is 0.251 e. The van der Waals surface area contributed by atoms with Gasteiger partial charge in [0.25, 0.3) is 5.91 Å². The number of carbonyl (C=O) groups excluding carboxylic acids is 1. The minimum Gasteiger partial charge on any atom is -0.346 e. The second kappa shape index (κ2) is 7.55. The topological polar surface area (TPSA) is 102 Å². The minimum absolute atomic E-state index is 0.107. The van der Waals surface area contributed by atoms with Crippen LogP contribution < -0.4 is 10.5 Å². The number of nitrogens with one attached hydrogen (secondary N) is 1. The van der Waals surface area contributed by atoms with Crippen LogP contribution in [0.5, 0.6) is 0 Å². The van der Waals surface area contributed by atoms with Gasteiger partial charge in [-0.1, -0.05) is 29.8 Å². The molecule has 1 amide bonds. The molecule has 0 saturated carbocycles. The number of thiazole rings is 1. The standard InChI is InChI=1S/C17H14ClN3O3S2/c18-13-6-4-11(5-7-13)15-10-25-16(21-15)9-20-17(22)12-2-1-3-14(8-12)26(19,23)24/h1-8,10H,9H2,(H,20,22)(H2,19,23,24). The highest BCUT2D eigenvalue weighted by atomic mass is 35.5. The van der Waals surface area contributed by atoms with Crippen LogP contribution in [0.25, 0.3) is 11.3 Å². The Morgan fingerprint density at radius 3 is 2.62 bits per heavy atom. The second-order valence-corrected chi connectivity index (χ2v) is 8.33. The van der Waals surface area contributed by atoms with E-state index >= 15 is 0 Å². The molecular formula is C17H14ClN3O3S2. The molecule has 0 aliphatic rings. The molecule has 0 aliphatic carbocycles. The third kappa shape index (κ3) is 4.47. The lowest BCUT2D eigenvalue weighted by Gasteiger charge is -2.05. The molecule has 3 N–H and O–H groups in total. The summed E-state index contributed by atoms with van der Waals surface area (Å²) in [7, 11) is -3.86. The Bertz CT molecular complexity index is 1050. The Hall–Kier alpha value is -2.26. The molecule has 1 aromatic heterocycles. The van der Waals surface area contributed by atoms with Crippen molar-refractivity contribution in [3.05, 3.63) is 69.5 Å². The monoisotopic (exact) mass is 407 g/mol. The molecule has 0 saturated heterocycles. The number of aromatic nitrogens is 1. The van der Waals surface area contributed by atoms with Gasteiger partial charge in [-0.25, -0.2) is 18.5 Å². The van der Waals surface area contributed by atoms with Crippen molar-refractivity contribution in [2.24, 2.45) is 5.14 Å². The fraction of sp³-hybridized carbons (Fsp3) is 0.0588. The SMILES string of the molecule is NS(=O)(=O)c1cccc(C(=O)NCc2nc(-c3ccc(Cl)cc3)cs2)c1. The van der Waals surface area contributed by atoms with E-state index in [0.717, 1.165) is 16.3 Å². The van der Waals surface area contributed by atoms with Gasteiger partial charge in [0.15, 0.2) is 0 Å². The van der Waals surface area contributed by atoms with Gasteiger partial charge < -0.3 is 5.32 Å². The molecule has 3 rings (SSSR count). The molecule has 3 aromatic rings. The van der Waals surface area contributed by atoms with Crippen molar-refractivity contribution in [2.75, 3.05) is 0 Å². The highest BCUT2D eigenvalue weighted by Crippen LogP contribution is 2.23. The molecule has 6 nitrogen and oxygen atoms in total. The van der Waals surface area contributed by atoms with Gasteiger partial charge in [-0.2, -0.15) is 0 Å². The predicted octanol–water partition coefficient (Wildman–Crippen LogP) is 3.04. The summed E-state index contributed by atoms with van der Waals surface area (Å²) in [6.45, 7) is 0.233. The van der Waals surface area contributed by atoms with Crippen LogP contribution in [0.2, 0.25) is 5.02 Å². The number of sulfonamides is 1. The first-order valence-electron chi connectivity index (χ1n) is 7.44. The predicted molar refractivity (Wildman–Crippen MR) is 102 cm³/mol. The first kappa shape index (κ1) is 18.5. The summed E-state index contributed by atoms with van der Waals surface area (Å²) in [5.74, 6) is -0.404. The molecule has 2 aromatic carbocycles. The van der Waals surface area contributed by atoms with Gasteiger partial charge in [-0.3, -0.25) is 4.79 Å². The van der Waals surface area contributed by atoms with Gasteiger partial charge in [0.2, 0.25) is 10.0 Å². The highest BCUT2D eigenvalue weighted by molar-refractivity contribution is 7.89. The van der Waals surface area contributed by atoms with Crippen molar-refractivity contribution < 1.29 is 13.2 Å². The van der Waals surface area contributed by atoms with Crippen molar-refractivity contribution >= 4 is 38.9 Å². The van der Waals surface area contributed by atoms with Gasteiger partial charge in [0.1, 0.15) is 5.01 Å². The van der Waals surface area contributed by atoms with Crippen LogP contribution in [0.4, 0.5) is 0 Å². The third-order valence-electron chi connectivity index (χ3n) is 3.52. The third-order valence-corrected chi connectivity index (χ3v) is 5.53. The number of nitrogens with zero attached hydrogens (tertiary/aromatic N) is 1. The largest absolute Gasteiger partial charge is 0.346 e. The first-order chi connectivity index (χ1) is 12.3. The molecule has 0 spiro atoms. The van der Waals surface area contributed by atoms with E-state index in [0.29, 0.717) is 5.02 Å². The number of benzene rings is 2. The van der Waals surface area contributed by atoms with Crippen LogP contribution in [0.3, 0.4) is 0 Å². The Morgan fingerprint density at radius 1 is 1.19 bits per heavy atom. The molecule has 0 atom stereocenters. The van der Waals surface area contributed by atoms with E-state index in [4.69, 9.17) is 16.7 Å². The summed E-state index contributed by atoms with van der Waals surface area (Å²) in [6, 6.07) is 12.9. The van der Waals surface area contributed by atoms with Gasteiger partial charge in [-0.05, 0) is 30.3 Å². The molecule has 26 heavy (non-hydrogen) atoms. The lowest BCUT2D eigenvalue weighted by atomic mass is 10.2. The maximum atomic E-state index is 12.2. The number of hydrogen-bond donors (Lipinski definition) is 2. The zero-order chi connectivity index (χ0) is 18.7. The van der Waals surface area contributed by atoms with E-state index in [1.807, 2.05) is 17.5 Å². The average molecular weight is 408 g/mol. The van der Waals surface area contributed by atoms with E-state index in [1.54, 1.807) is 12.1 Å². The quantitative estimate of drug-likeness (QED) is 0.678. The summed E-state index contributed by atoms with van der Waals surface area (Å²) in [6.07, 6.45) is 0. The summed E-state index contributed by atoms with van der Waals surface area (Å²) in [5, 5.41) is 11.1. The van der Waals surface area contributed by atoms with Gasteiger partial charge >= 0.3 is 0 Å². The lowest BCUT2D eigenvalue weighted by molar-refractivity contribution is 0.0950. The molecular weight excluding hydrogens is 394 g/mol. The molecule has 9 heteroatoms. The maximum absolute atomic E-state index is 12.2. The summed E-state index contributed by atoms with van der Waals surface area (Å²) >= 11 is 7.29. The normalized spacial score (nSPS) is 11.3. The van der Waals surface area contributed by atoms with Crippen LogP contribution >= 0.6 is 22.9 Å². The lowest BCUT2D eigenvalue weighted by Crippen LogP contribution is -2.23. The highest BCUT2D eigenvalue weighted by Gasteiger charge is 2.12. The van der Waals surface area contributed by atoms with Crippen molar-refractivity contribution in [3.63, 3.8) is 0 Å². The molecule has 1 heterocycles. The fourth-order valence-electron chi connectivity index (χ4n) is 2.22. The Kier molecular flexibility index (Phi) is 5.38. The molecule has 0 aliphatic heterocycles. The van der Waals surface area contributed by atoms with Crippen molar-refractivity contribution in [3.8, 4) is 11.3 Å². The van der Waals surface area contributed by atoms with Gasteiger partial charge in [0, 0.05) is 21.5 Å². The number of rotatable bonds is 5. The number of halogens is 1. The number of hydrogen-bond acceptors (Lipinski definition) is 5. The minimum atomic E-state index is -3.86. The first-order valence-corrected chi connectivity index (χ1v) is 10.2. The summed E-state index contributed by atoms with van der Waals surface area (Å²) < 4.78 is 22.8. The van der Waals surface area contributed by atoms with Crippen LogP contribution in [-0.4, -0.2) is 19.3 Å². The summed E-state index contributed by atoms with van der Waals surface area (Å²) in [5.41, 5.74) is 1.95. The molecule has 0 bridgehead atoms. The van der Waals surface area contributed by atoms with E-state index in [9.17, 15) is 13.2 Å². The number of amides is 1. The molecule has 0 fully saturated rings. The molecule has 0 unspecified atom stereocenters. The zero-order valence-electron chi connectivity index (χ0n) is 13.3. The number of primary sulfonamides is 1. The Morgan fingerprint density at radius 2 is 1.92 bits per heavy atom. The van der Waals surface area contributed by atoms with Gasteiger partial charge in [-0.15, -0.1) is 11.3 Å². The maximum Gasteiger partial charge on any atom is 0.251 e. The van der Waals surface area contributed by atoms with Crippen LogP contribution in [0.15, 0.2) is 58.8 Å². The van der Waals surface area contributed by atoms with Crippen molar-refractivity contribution in [1.82, 2.24) is 10.3 Å². The van der Waals surface area contributed by atoms with Crippen LogP contribution in [-0.2, 0) is 16.6 Å². The Balaban J connectivity index is 1.68. The van der Waals surface area contributed by atoms with Gasteiger partial charge in [0.05, 0.1) is 17.1 Å². The molecule has 134 valence electrons. The van der Waals surface area contributed by atoms with E-state index < -0.39 is 15.9 Å². The van der Waals surface area contributed by atoms with Crippen LogP contribution in [0, 0.1) is 0 Å². The molecule has 0 radical (unpaired) electrons. The van der Waals surface area contributed by atoms with E-state index in [1.165, 1.54) is 35.6 Å². The van der Waals surface area contributed by atoms with Crippen molar-refractivity contribution in [1.29, 1.82) is 0 Å². The Labute approximate surface area is 159 Å². The van der Waals surface area contributed by atoms with E-state index in [2.05, 4.69) is 10.3 Å². The fourth-order valence-corrected chi connectivity index (χ4v) is 3.65. The number of carbonyl (C=O) groups is 1. The zero-order valence-corrected chi connectivity index (χ0v) is 15.7. The van der Waals surface area contributed by atoms with E-state index in [-0.39, 0.29) is 17.0 Å². The second-order valence-electron chi connectivity index (χ2n) is 5.39. The van der Waals surface area contributed by atoms with Crippen LogP contribution in [0.1, 0.15) is 15.4 Å². The summed E-state index contributed by atoms with van der Waals surface area (Å²) in [4.78, 5) is 16.6. The number of nitrogens with two attached hydrogens (primary N) is 1. The average Bonchev–Trinajstić information content (AvgIpc) is 3.08.